The summed E-state index contributed by atoms with van der Waals surface area (Å²) in [5.41, 5.74) is 7.36. The number of nitrogens with two attached hydrogens (primary N) is 1. The molecule has 0 spiro atoms. The third-order valence-corrected chi connectivity index (χ3v) is 2.17. The summed E-state index contributed by atoms with van der Waals surface area (Å²) >= 11 is 0. The van der Waals surface area contributed by atoms with Gasteiger partial charge >= 0.3 is 0 Å². The zero-order chi connectivity index (χ0) is 11.4. The lowest BCUT2D eigenvalue weighted by Gasteiger charge is -1.93. The summed E-state index contributed by atoms with van der Waals surface area (Å²) in [5, 5.41) is 7.38. The maximum absolute atomic E-state index is 5.34. The highest BCUT2D eigenvalue weighted by Gasteiger charge is 2.01. The monoisotopic (exact) mass is 217 g/mol. The van der Waals surface area contributed by atoms with Crippen LogP contribution in [0.25, 0.3) is 5.65 Å². The van der Waals surface area contributed by atoms with E-state index in [0.717, 1.165) is 5.65 Å². The third kappa shape index (κ3) is 2.38. The van der Waals surface area contributed by atoms with Crippen molar-refractivity contribution in [2.45, 2.75) is 6.92 Å². The zero-order valence-electron chi connectivity index (χ0n) is 9.22. The van der Waals surface area contributed by atoms with E-state index in [1.165, 1.54) is 5.56 Å². The summed E-state index contributed by atoms with van der Waals surface area (Å²) < 4.78 is 1.75. The number of rotatable bonds is 4. The molecule has 0 saturated carbocycles. The minimum absolute atomic E-state index is 0.555. The largest absolute Gasteiger partial charge is 0.349 e. The Morgan fingerprint density at radius 1 is 1.50 bits per heavy atom. The van der Waals surface area contributed by atoms with Crippen molar-refractivity contribution in [1.29, 1.82) is 0 Å². The molecule has 0 saturated heterocycles. The van der Waals surface area contributed by atoms with Crippen molar-refractivity contribution in [3.63, 3.8) is 0 Å². The topological polar surface area (TPSA) is 68.2 Å². The Balaban J connectivity index is 2.11. The van der Waals surface area contributed by atoms with Crippen molar-refractivity contribution >= 4 is 11.6 Å². The summed E-state index contributed by atoms with van der Waals surface area (Å²) in [6, 6.07) is 3.99. The fourth-order valence-electron chi connectivity index (χ4n) is 1.39. The highest BCUT2D eigenvalue weighted by atomic mass is 15.3. The lowest BCUT2D eigenvalue weighted by molar-refractivity contribution is 0.956. The first-order chi connectivity index (χ1) is 7.79. The minimum atomic E-state index is 0.555. The molecule has 0 aliphatic carbocycles. The Hall–Kier alpha value is -1.88. The predicted octanol–water partition coefficient (Wildman–Crippen LogP) is 0.965. The van der Waals surface area contributed by atoms with Crippen LogP contribution in [0.3, 0.4) is 0 Å². The number of nitrogens with one attached hydrogen (secondary N) is 1. The zero-order valence-corrected chi connectivity index (χ0v) is 9.22. The van der Waals surface area contributed by atoms with E-state index in [1.54, 1.807) is 4.52 Å². The lowest BCUT2D eigenvalue weighted by Crippen LogP contribution is -2.01. The van der Waals surface area contributed by atoms with Crippen LogP contribution in [0.5, 0.6) is 0 Å². The molecule has 0 fully saturated rings. The normalized spacial score (nSPS) is 11.4. The molecule has 2 aromatic rings. The van der Waals surface area contributed by atoms with Crippen LogP contribution in [0, 0.1) is 6.92 Å². The molecule has 5 nitrogen and oxygen atoms in total. The number of pyridine rings is 1. The summed E-state index contributed by atoms with van der Waals surface area (Å²) in [6.45, 7) is 3.28. The highest BCUT2D eigenvalue weighted by molar-refractivity contribution is 5.45. The maximum atomic E-state index is 5.34. The Labute approximate surface area is 94.0 Å². The van der Waals surface area contributed by atoms with Crippen molar-refractivity contribution in [3.8, 4) is 0 Å². The first-order valence-corrected chi connectivity index (χ1v) is 5.21. The smallest absolute Gasteiger partial charge is 0.243 e. The summed E-state index contributed by atoms with van der Waals surface area (Å²) in [6.07, 6.45) is 5.75. The second-order valence-electron chi connectivity index (χ2n) is 3.53. The van der Waals surface area contributed by atoms with Gasteiger partial charge < -0.3 is 11.1 Å². The van der Waals surface area contributed by atoms with Gasteiger partial charge in [-0.2, -0.15) is 4.98 Å². The molecule has 0 aliphatic rings. The SMILES string of the molecule is Cc1ccn2nc(NC/C=C/CN)nc2c1. The Morgan fingerprint density at radius 2 is 2.38 bits per heavy atom. The van der Waals surface area contributed by atoms with Gasteiger partial charge in [0.25, 0.3) is 0 Å². The Bertz CT molecular complexity index is 500. The second-order valence-corrected chi connectivity index (χ2v) is 3.53. The van der Waals surface area contributed by atoms with Crippen molar-refractivity contribution in [1.82, 2.24) is 14.6 Å². The molecule has 16 heavy (non-hydrogen) atoms. The molecule has 5 heteroatoms. The van der Waals surface area contributed by atoms with Crippen LogP contribution >= 0.6 is 0 Å². The van der Waals surface area contributed by atoms with Gasteiger partial charge in [0.05, 0.1) is 0 Å². The molecular weight excluding hydrogens is 202 g/mol. The van der Waals surface area contributed by atoms with E-state index in [-0.39, 0.29) is 0 Å². The second kappa shape index (κ2) is 4.76. The predicted molar refractivity (Wildman–Crippen MR) is 64.4 cm³/mol. The average Bonchev–Trinajstić information content (AvgIpc) is 2.66. The van der Waals surface area contributed by atoms with E-state index in [9.17, 15) is 0 Å². The number of anilines is 1. The fourth-order valence-corrected chi connectivity index (χ4v) is 1.39. The van der Waals surface area contributed by atoms with Crippen molar-refractivity contribution in [2.75, 3.05) is 18.4 Å². The van der Waals surface area contributed by atoms with Gasteiger partial charge in [0, 0.05) is 19.3 Å². The number of aryl methyl sites for hydroxylation is 1. The van der Waals surface area contributed by atoms with E-state index in [2.05, 4.69) is 15.4 Å². The molecule has 2 aromatic heterocycles. The van der Waals surface area contributed by atoms with Crippen LogP contribution in [0.1, 0.15) is 5.56 Å². The minimum Gasteiger partial charge on any atom is -0.349 e. The van der Waals surface area contributed by atoms with Crippen LogP contribution in [-0.2, 0) is 0 Å². The summed E-state index contributed by atoms with van der Waals surface area (Å²) in [5.74, 6) is 0.632. The van der Waals surface area contributed by atoms with E-state index in [4.69, 9.17) is 5.73 Å². The van der Waals surface area contributed by atoms with Gasteiger partial charge in [-0.3, -0.25) is 0 Å². The van der Waals surface area contributed by atoms with Gasteiger partial charge in [-0.1, -0.05) is 12.2 Å². The molecule has 0 aromatic carbocycles. The van der Waals surface area contributed by atoms with Crippen molar-refractivity contribution < 1.29 is 0 Å². The lowest BCUT2D eigenvalue weighted by atomic mass is 10.3. The van der Waals surface area contributed by atoms with E-state index >= 15 is 0 Å². The van der Waals surface area contributed by atoms with Crippen LogP contribution in [0.4, 0.5) is 5.95 Å². The van der Waals surface area contributed by atoms with E-state index in [1.807, 2.05) is 37.4 Å². The average molecular weight is 217 g/mol. The summed E-state index contributed by atoms with van der Waals surface area (Å²) in [7, 11) is 0. The molecule has 0 atom stereocenters. The van der Waals surface area contributed by atoms with Gasteiger partial charge in [-0.05, 0) is 24.6 Å². The number of nitrogens with zero attached hydrogens (tertiary/aromatic N) is 3. The molecule has 2 heterocycles. The molecular formula is C11H15N5. The standard InChI is InChI=1S/C11H15N5/c1-9-4-7-16-10(8-9)14-11(15-16)13-6-3-2-5-12/h2-4,7-8H,5-6,12H2,1H3,(H,13,15)/b3-2+. The maximum Gasteiger partial charge on any atom is 0.243 e. The third-order valence-electron chi connectivity index (χ3n) is 2.17. The number of hydrogen-bond donors (Lipinski definition) is 2. The van der Waals surface area contributed by atoms with E-state index in [0.29, 0.717) is 19.0 Å². The number of aromatic nitrogens is 3. The molecule has 0 radical (unpaired) electrons. The van der Waals surface area contributed by atoms with Gasteiger partial charge in [0.2, 0.25) is 5.95 Å². The molecule has 0 unspecified atom stereocenters. The van der Waals surface area contributed by atoms with E-state index < -0.39 is 0 Å². The van der Waals surface area contributed by atoms with Gasteiger partial charge in [-0.15, -0.1) is 5.10 Å². The number of fused-ring (bicyclic) bond motifs is 1. The van der Waals surface area contributed by atoms with Crippen LogP contribution in [-0.4, -0.2) is 27.7 Å². The molecule has 2 rings (SSSR count). The quantitative estimate of drug-likeness (QED) is 0.749. The first kappa shape index (κ1) is 10.6. The molecule has 0 amide bonds. The Kier molecular flexibility index (Phi) is 3.16. The van der Waals surface area contributed by atoms with Gasteiger partial charge in [0.15, 0.2) is 5.65 Å². The summed E-state index contributed by atoms with van der Waals surface area (Å²) in [4.78, 5) is 4.35. The van der Waals surface area contributed by atoms with Gasteiger partial charge in [0.1, 0.15) is 0 Å². The van der Waals surface area contributed by atoms with Crippen molar-refractivity contribution in [3.05, 3.63) is 36.0 Å². The van der Waals surface area contributed by atoms with Crippen LogP contribution in [0.15, 0.2) is 30.5 Å². The molecule has 0 aliphatic heterocycles. The highest BCUT2D eigenvalue weighted by Crippen LogP contribution is 2.06. The number of hydrogen-bond acceptors (Lipinski definition) is 4. The van der Waals surface area contributed by atoms with Crippen LogP contribution < -0.4 is 11.1 Å². The van der Waals surface area contributed by atoms with Crippen molar-refractivity contribution in [2.24, 2.45) is 5.73 Å². The first-order valence-electron chi connectivity index (χ1n) is 5.21. The molecule has 0 bridgehead atoms. The molecule has 84 valence electrons. The Morgan fingerprint density at radius 3 is 3.19 bits per heavy atom. The van der Waals surface area contributed by atoms with Gasteiger partial charge in [-0.25, -0.2) is 4.52 Å². The molecule has 3 N–H and O–H groups in total. The van der Waals surface area contributed by atoms with Crippen LogP contribution in [0.2, 0.25) is 0 Å². The fraction of sp³-hybridized carbons (Fsp3) is 0.273.